The first kappa shape index (κ1) is 13.5. The van der Waals surface area contributed by atoms with Crippen LogP contribution < -0.4 is 15.8 Å². The highest BCUT2D eigenvalue weighted by Gasteiger charge is 2.05. The maximum absolute atomic E-state index is 11.1. The Kier molecular flexibility index (Phi) is 4.92. The smallest absolute Gasteiger partial charge is 0.213 e. The Balaban J connectivity index is 2.46. The van der Waals surface area contributed by atoms with E-state index in [9.17, 15) is 8.42 Å². The van der Waals surface area contributed by atoms with Crippen LogP contribution in [0.5, 0.6) is 0 Å². The van der Waals surface area contributed by atoms with E-state index < -0.39 is 10.0 Å². The van der Waals surface area contributed by atoms with Crippen molar-refractivity contribution in [2.24, 2.45) is 10.7 Å². The minimum absolute atomic E-state index is 0.0827. The number of benzene rings is 1. The van der Waals surface area contributed by atoms with Gasteiger partial charge in [0.15, 0.2) is 5.96 Å². The van der Waals surface area contributed by atoms with Crippen molar-refractivity contribution in [2.75, 3.05) is 24.7 Å². The maximum atomic E-state index is 11.1. The number of rotatable bonds is 5. The van der Waals surface area contributed by atoms with Crippen LogP contribution in [0.4, 0.5) is 5.69 Å². The highest BCUT2D eigenvalue weighted by Crippen LogP contribution is 2.03. The van der Waals surface area contributed by atoms with Crippen molar-refractivity contribution in [2.45, 2.75) is 0 Å². The average molecular weight is 256 g/mol. The van der Waals surface area contributed by atoms with Crippen LogP contribution in [-0.4, -0.2) is 33.7 Å². The number of para-hydroxylation sites is 1. The number of nitrogens with zero attached hydrogens (tertiary/aromatic N) is 1. The maximum Gasteiger partial charge on any atom is 0.213 e. The number of guanidine groups is 1. The van der Waals surface area contributed by atoms with Crippen molar-refractivity contribution in [1.82, 2.24) is 4.72 Å². The lowest BCUT2D eigenvalue weighted by Gasteiger charge is -2.05. The normalized spacial score (nSPS) is 12.4. The number of hydrogen-bond donors (Lipinski definition) is 3. The third-order valence-corrected chi connectivity index (χ3v) is 3.34. The molecule has 0 unspecified atom stereocenters. The van der Waals surface area contributed by atoms with E-state index in [2.05, 4.69) is 15.0 Å². The zero-order valence-corrected chi connectivity index (χ0v) is 10.4. The topological polar surface area (TPSA) is 96.6 Å². The van der Waals surface area contributed by atoms with E-state index in [-0.39, 0.29) is 18.3 Å². The largest absolute Gasteiger partial charge is 0.370 e. The van der Waals surface area contributed by atoms with Crippen molar-refractivity contribution in [3.8, 4) is 0 Å². The summed E-state index contributed by atoms with van der Waals surface area (Å²) >= 11 is 0. The fourth-order valence-corrected chi connectivity index (χ4v) is 1.63. The first-order chi connectivity index (χ1) is 8.03. The van der Waals surface area contributed by atoms with Crippen LogP contribution in [0.1, 0.15) is 0 Å². The molecule has 0 amide bonds. The molecule has 0 saturated heterocycles. The van der Waals surface area contributed by atoms with Crippen molar-refractivity contribution >= 4 is 21.7 Å². The molecule has 94 valence electrons. The summed E-state index contributed by atoms with van der Waals surface area (Å²) in [5.74, 6) is 0.114. The second-order valence-corrected chi connectivity index (χ2v) is 5.33. The van der Waals surface area contributed by atoms with Crippen molar-refractivity contribution < 1.29 is 8.42 Å². The van der Waals surface area contributed by atoms with Gasteiger partial charge in [-0.1, -0.05) is 18.2 Å². The predicted molar refractivity (Wildman–Crippen MR) is 69.4 cm³/mol. The lowest BCUT2D eigenvalue weighted by molar-refractivity contribution is 0.588. The third-order valence-electron chi connectivity index (χ3n) is 2.00. The van der Waals surface area contributed by atoms with Gasteiger partial charge in [0.05, 0.1) is 12.3 Å². The zero-order valence-electron chi connectivity index (χ0n) is 9.55. The van der Waals surface area contributed by atoms with Crippen molar-refractivity contribution in [3.63, 3.8) is 0 Å². The minimum atomic E-state index is -3.23. The number of hydrogen-bond acceptors (Lipinski definition) is 3. The van der Waals surface area contributed by atoms with Gasteiger partial charge in [-0.3, -0.25) is 4.99 Å². The molecule has 4 N–H and O–H groups in total. The molecule has 0 aromatic heterocycles. The predicted octanol–water partition coefficient (Wildman–Crippen LogP) is -0.0376. The fourth-order valence-electron chi connectivity index (χ4n) is 1.10. The number of aliphatic imine (C=N–C) groups is 1. The molecule has 0 aliphatic rings. The summed E-state index contributed by atoms with van der Waals surface area (Å²) in [5, 5.41) is 2.86. The average Bonchev–Trinajstić information content (AvgIpc) is 2.30. The molecule has 0 aliphatic heterocycles. The second kappa shape index (κ2) is 6.21. The molecule has 0 fully saturated rings. The van der Waals surface area contributed by atoms with Gasteiger partial charge in [-0.2, -0.15) is 0 Å². The summed E-state index contributed by atoms with van der Waals surface area (Å²) in [6.45, 7) is 0.120. The molecular formula is C10H16N4O2S. The molecule has 0 aliphatic carbocycles. The Hall–Kier alpha value is -1.60. The van der Waals surface area contributed by atoms with Gasteiger partial charge < -0.3 is 11.1 Å². The first-order valence-electron chi connectivity index (χ1n) is 5.07. The SMILES string of the molecule is CNS(=O)(=O)CCN=C(N)Nc1ccccc1. The number of nitrogens with two attached hydrogens (primary N) is 1. The van der Waals surface area contributed by atoms with Crippen LogP contribution in [0.3, 0.4) is 0 Å². The van der Waals surface area contributed by atoms with Gasteiger partial charge in [-0.05, 0) is 19.2 Å². The van der Waals surface area contributed by atoms with Gasteiger partial charge in [-0.15, -0.1) is 0 Å². The van der Waals surface area contributed by atoms with Crippen LogP contribution in [0.15, 0.2) is 35.3 Å². The van der Waals surface area contributed by atoms with Gasteiger partial charge in [-0.25, -0.2) is 13.1 Å². The van der Waals surface area contributed by atoms with Gasteiger partial charge in [0.25, 0.3) is 0 Å². The standard InChI is InChI=1S/C10H16N4O2S/c1-12-17(15,16)8-7-13-10(11)14-9-5-3-2-4-6-9/h2-6,12H,7-8H2,1H3,(H3,11,13,14). The van der Waals surface area contributed by atoms with Crippen LogP contribution in [0.2, 0.25) is 0 Å². The summed E-state index contributed by atoms with van der Waals surface area (Å²) < 4.78 is 24.4. The van der Waals surface area contributed by atoms with Gasteiger partial charge in [0.1, 0.15) is 0 Å². The Morgan fingerprint density at radius 2 is 2.00 bits per heavy atom. The molecule has 0 spiro atoms. The van der Waals surface area contributed by atoms with Crippen LogP contribution in [0, 0.1) is 0 Å². The third kappa shape index (κ3) is 5.32. The van der Waals surface area contributed by atoms with E-state index in [1.54, 1.807) is 0 Å². The number of sulfonamides is 1. The summed E-state index contributed by atoms with van der Waals surface area (Å²) in [6, 6.07) is 9.29. The van der Waals surface area contributed by atoms with E-state index in [0.29, 0.717) is 0 Å². The molecule has 0 bridgehead atoms. The monoisotopic (exact) mass is 256 g/mol. The molecule has 17 heavy (non-hydrogen) atoms. The summed E-state index contributed by atoms with van der Waals surface area (Å²) in [6.07, 6.45) is 0. The molecule has 1 aromatic rings. The highest BCUT2D eigenvalue weighted by molar-refractivity contribution is 7.89. The Labute approximate surface area is 101 Å². The van der Waals surface area contributed by atoms with E-state index in [1.165, 1.54) is 7.05 Å². The second-order valence-electron chi connectivity index (χ2n) is 3.28. The van der Waals surface area contributed by atoms with Crippen LogP contribution in [-0.2, 0) is 10.0 Å². The summed E-state index contributed by atoms with van der Waals surface area (Å²) in [5.41, 5.74) is 6.41. The van der Waals surface area contributed by atoms with E-state index in [4.69, 9.17) is 5.73 Å². The highest BCUT2D eigenvalue weighted by atomic mass is 32.2. The molecule has 1 aromatic carbocycles. The molecule has 0 atom stereocenters. The minimum Gasteiger partial charge on any atom is -0.370 e. The van der Waals surface area contributed by atoms with Crippen molar-refractivity contribution in [3.05, 3.63) is 30.3 Å². The quantitative estimate of drug-likeness (QED) is 0.509. The number of nitrogens with one attached hydrogen (secondary N) is 2. The number of anilines is 1. The summed E-state index contributed by atoms with van der Waals surface area (Å²) in [7, 11) is -1.86. The van der Waals surface area contributed by atoms with E-state index in [1.807, 2.05) is 30.3 Å². The molecule has 1 rings (SSSR count). The lowest BCUT2D eigenvalue weighted by Crippen LogP contribution is -2.26. The zero-order chi connectivity index (χ0) is 12.7. The van der Waals surface area contributed by atoms with E-state index in [0.717, 1.165) is 5.69 Å². The van der Waals surface area contributed by atoms with Gasteiger partial charge in [0, 0.05) is 5.69 Å². The molecule has 7 heteroatoms. The molecule has 0 radical (unpaired) electrons. The summed E-state index contributed by atoms with van der Waals surface area (Å²) in [4.78, 5) is 3.92. The first-order valence-corrected chi connectivity index (χ1v) is 6.72. The van der Waals surface area contributed by atoms with E-state index >= 15 is 0 Å². The molecular weight excluding hydrogens is 240 g/mol. The van der Waals surface area contributed by atoms with Crippen molar-refractivity contribution in [1.29, 1.82) is 0 Å². The van der Waals surface area contributed by atoms with Gasteiger partial charge in [0.2, 0.25) is 10.0 Å². The Morgan fingerprint density at radius 3 is 2.59 bits per heavy atom. The Bertz CT molecular complexity index is 470. The molecule has 0 heterocycles. The lowest BCUT2D eigenvalue weighted by atomic mass is 10.3. The van der Waals surface area contributed by atoms with Gasteiger partial charge >= 0.3 is 0 Å². The van der Waals surface area contributed by atoms with Crippen LogP contribution in [0.25, 0.3) is 0 Å². The van der Waals surface area contributed by atoms with Crippen LogP contribution >= 0.6 is 0 Å². The Morgan fingerprint density at radius 1 is 1.35 bits per heavy atom. The molecule has 6 nitrogen and oxygen atoms in total. The fraction of sp³-hybridized carbons (Fsp3) is 0.300. The molecule has 0 saturated carbocycles.